The molecule has 0 saturated carbocycles. The van der Waals surface area contributed by atoms with Crippen LogP contribution in [0.4, 0.5) is 5.69 Å². The molecule has 100 valence electrons. The van der Waals surface area contributed by atoms with Crippen LogP contribution in [0, 0.1) is 5.92 Å². The summed E-state index contributed by atoms with van der Waals surface area (Å²) in [6.07, 6.45) is 1.05. The number of benzene rings is 1. The largest absolute Gasteiger partial charge is 0.398 e. The van der Waals surface area contributed by atoms with Crippen LogP contribution < -0.4 is 10.5 Å². The summed E-state index contributed by atoms with van der Waals surface area (Å²) in [5.74, 6) is 2.50. The highest BCUT2D eigenvalue weighted by Gasteiger charge is 2.23. The van der Waals surface area contributed by atoms with E-state index in [1.807, 2.05) is 11.8 Å². The number of nitrogens with two attached hydrogens (primary N) is 1. The Morgan fingerprint density at radius 2 is 2.28 bits per heavy atom. The summed E-state index contributed by atoms with van der Waals surface area (Å²) in [5.41, 5.74) is 5.86. The average molecular weight is 307 g/mol. The second kappa shape index (κ2) is 5.69. The predicted octanol–water partition coefficient (Wildman–Crippen LogP) is 1.95. The average Bonchev–Trinajstić information content (AvgIpc) is 2.78. The molecule has 0 radical (unpaired) electrons. The SMILES string of the molecule is Nc1cccc(Cl)c1S(=O)(=O)NCC1CCSC1. The highest BCUT2D eigenvalue weighted by atomic mass is 35.5. The molecule has 1 heterocycles. The third kappa shape index (κ3) is 3.12. The molecule has 1 aliphatic rings. The molecule has 7 heteroatoms. The van der Waals surface area contributed by atoms with E-state index < -0.39 is 10.0 Å². The van der Waals surface area contributed by atoms with Gasteiger partial charge in [-0.15, -0.1) is 0 Å². The fourth-order valence-electron chi connectivity index (χ4n) is 1.85. The number of thioether (sulfide) groups is 1. The van der Waals surface area contributed by atoms with Gasteiger partial charge >= 0.3 is 0 Å². The van der Waals surface area contributed by atoms with Gasteiger partial charge in [-0.3, -0.25) is 0 Å². The van der Waals surface area contributed by atoms with Crippen LogP contribution in [-0.2, 0) is 10.0 Å². The van der Waals surface area contributed by atoms with Crippen molar-refractivity contribution in [3.63, 3.8) is 0 Å². The normalized spacial score (nSPS) is 20.2. The summed E-state index contributed by atoms with van der Waals surface area (Å²) >= 11 is 7.76. The minimum atomic E-state index is -3.63. The first-order chi connectivity index (χ1) is 8.50. The fraction of sp³-hybridized carbons (Fsp3) is 0.455. The van der Waals surface area contributed by atoms with Crippen LogP contribution in [0.3, 0.4) is 0 Å². The Morgan fingerprint density at radius 3 is 2.89 bits per heavy atom. The molecule has 1 aromatic carbocycles. The first kappa shape index (κ1) is 14.0. The molecule has 0 spiro atoms. The van der Waals surface area contributed by atoms with Crippen LogP contribution >= 0.6 is 23.4 Å². The van der Waals surface area contributed by atoms with Gasteiger partial charge in [-0.05, 0) is 36.0 Å². The predicted molar refractivity (Wildman–Crippen MR) is 76.5 cm³/mol. The first-order valence-electron chi connectivity index (χ1n) is 5.62. The minimum absolute atomic E-state index is 0.0164. The lowest BCUT2D eigenvalue weighted by molar-refractivity contribution is 0.546. The number of rotatable bonds is 4. The van der Waals surface area contributed by atoms with E-state index in [0.29, 0.717) is 12.5 Å². The molecule has 1 aliphatic heterocycles. The van der Waals surface area contributed by atoms with Crippen LogP contribution in [0.5, 0.6) is 0 Å². The van der Waals surface area contributed by atoms with E-state index in [9.17, 15) is 8.42 Å². The number of nitrogens with one attached hydrogen (secondary N) is 1. The van der Waals surface area contributed by atoms with Gasteiger partial charge < -0.3 is 5.73 Å². The zero-order valence-electron chi connectivity index (χ0n) is 9.73. The molecular weight excluding hydrogens is 292 g/mol. The van der Waals surface area contributed by atoms with Crippen LogP contribution in [0.25, 0.3) is 0 Å². The second-order valence-corrected chi connectivity index (χ2v) is 7.50. The Hall–Kier alpha value is -0.430. The maximum atomic E-state index is 12.1. The molecule has 1 unspecified atom stereocenters. The van der Waals surface area contributed by atoms with Crippen molar-refractivity contribution >= 4 is 39.1 Å². The molecule has 18 heavy (non-hydrogen) atoms. The molecule has 1 aromatic rings. The number of hydrogen-bond acceptors (Lipinski definition) is 4. The number of nitrogen functional groups attached to an aromatic ring is 1. The number of sulfonamides is 1. The van der Waals surface area contributed by atoms with E-state index in [4.69, 9.17) is 17.3 Å². The van der Waals surface area contributed by atoms with Gasteiger partial charge in [-0.25, -0.2) is 13.1 Å². The lowest BCUT2D eigenvalue weighted by Crippen LogP contribution is -2.30. The molecular formula is C11H15ClN2O2S2. The van der Waals surface area contributed by atoms with E-state index in [-0.39, 0.29) is 15.6 Å². The van der Waals surface area contributed by atoms with Crippen molar-refractivity contribution in [2.75, 3.05) is 23.8 Å². The lowest BCUT2D eigenvalue weighted by atomic mass is 10.1. The third-order valence-corrected chi connectivity index (χ3v) is 6.05. The third-order valence-electron chi connectivity index (χ3n) is 2.85. The van der Waals surface area contributed by atoms with Crippen LogP contribution in [0.1, 0.15) is 6.42 Å². The number of halogens is 1. The van der Waals surface area contributed by atoms with Crippen LogP contribution in [0.2, 0.25) is 5.02 Å². The Balaban J connectivity index is 2.15. The Bertz CT molecular complexity index is 508. The van der Waals surface area contributed by atoms with E-state index in [0.717, 1.165) is 17.9 Å². The molecule has 0 aliphatic carbocycles. The molecule has 0 aromatic heterocycles. The lowest BCUT2D eigenvalue weighted by Gasteiger charge is -2.13. The molecule has 2 rings (SSSR count). The first-order valence-corrected chi connectivity index (χ1v) is 8.63. The summed E-state index contributed by atoms with van der Waals surface area (Å²) in [7, 11) is -3.63. The Kier molecular flexibility index (Phi) is 4.42. The Morgan fingerprint density at radius 1 is 1.50 bits per heavy atom. The molecule has 1 fully saturated rings. The number of hydrogen-bond donors (Lipinski definition) is 2. The van der Waals surface area contributed by atoms with Gasteiger partial charge in [0.05, 0.1) is 10.7 Å². The van der Waals surface area contributed by atoms with Gasteiger partial charge in [0.1, 0.15) is 4.90 Å². The van der Waals surface area contributed by atoms with Gasteiger partial charge in [0, 0.05) is 6.54 Å². The number of anilines is 1. The summed E-state index contributed by atoms with van der Waals surface area (Å²) in [6, 6.07) is 4.69. The minimum Gasteiger partial charge on any atom is -0.398 e. The van der Waals surface area contributed by atoms with Crippen molar-refractivity contribution < 1.29 is 8.42 Å². The summed E-state index contributed by atoms with van der Waals surface area (Å²) in [6.45, 7) is 0.444. The van der Waals surface area contributed by atoms with E-state index >= 15 is 0 Å². The molecule has 1 saturated heterocycles. The van der Waals surface area contributed by atoms with Gasteiger partial charge in [-0.1, -0.05) is 17.7 Å². The van der Waals surface area contributed by atoms with Crippen molar-refractivity contribution in [2.24, 2.45) is 5.92 Å². The maximum absolute atomic E-state index is 12.1. The van der Waals surface area contributed by atoms with Crippen LogP contribution in [-0.4, -0.2) is 26.5 Å². The van der Waals surface area contributed by atoms with Gasteiger partial charge in [0.15, 0.2) is 0 Å². The smallest absolute Gasteiger partial charge is 0.244 e. The van der Waals surface area contributed by atoms with Gasteiger partial charge in [-0.2, -0.15) is 11.8 Å². The van der Waals surface area contributed by atoms with E-state index in [2.05, 4.69) is 4.72 Å². The monoisotopic (exact) mass is 306 g/mol. The summed E-state index contributed by atoms with van der Waals surface area (Å²) < 4.78 is 26.9. The molecule has 4 nitrogen and oxygen atoms in total. The highest BCUT2D eigenvalue weighted by molar-refractivity contribution is 7.99. The Labute approximate surface area is 116 Å². The van der Waals surface area contributed by atoms with Crippen molar-refractivity contribution in [2.45, 2.75) is 11.3 Å². The van der Waals surface area contributed by atoms with Crippen LogP contribution in [0.15, 0.2) is 23.1 Å². The maximum Gasteiger partial charge on any atom is 0.244 e. The zero-order valence-corrected chi connectivity index (χ0v) is 12.1. The molecule has 0 bridgehead atoms. The highest BCUT2D eigenvalue weighted by Crippen LogP contribution is 2.28. The van der Waals surface area contributed by atoms with Crippen molar-refractivity contribution in [1.29, 1.82) is 0 Å². The summed E-state index contributed by atoms with van der Waals surface area (Å²) in [4.78, 5) is -0.0164. The standard InChI is InChI=1S/C11H15ClN2O2S2/c12-9-2-1-3-10(13)11(9)18(15,16)14-6-8-4-5-17-7-8/h1-3,8,14H,4-7,13H2. The second-order valence-electron chi connectivity index (χ2n) is 4.24. The topological polar surface area (TPSA) is 72.2 Å². The summed E-state index contributed by atoms with van der Waals surface area (Å²) in [5, 5.41) is 0.156. The fourth-order valence-corrected chi connectivity index (χ4v) is 4.93. The van der Waals surface area contributed by atoms with Gasteiger partial charge in [0.2, 0.25) is 10.0 Å². The van der Waals surface area contributed by atoms with Crippen molar-refractivity contribution in [3.8, 4) is 0 Å². The zero-order chi connectivity index (χ0) is 13.2. The molecule has 3 N–H and O–H groups in total. The van der Waals surface area contributed by atoms with Crippen molar-refractivity contribution in [1.82, 2.24) is 4.72 Å². The molecule has 0 amide bonds. The van der Waals surface area contributed by atoms with Gasteiger partial charge in [0.25, 0.3) is 0 Å². The van der Waals surface area contributed by atoms with E-state index in [1.165, 1.54) is 12.1 Å². The van der Waals surface area contributed by atoms with Crippen molar-refractivity contribution in [3.05, 3.63) is 23.2 Å². The molecule has 1 atom stereocenters. The quantitative estimate of drug-likeness (QED) is 0.834. The van der Waals surface area contributed by atoms with E-state index in [1.54, 1.807) is 6.07 Å².